The zero-order valence-corrected chi connectivity index (χ0v) is 8.40. The first kappa shape index (κ1) is 9.51. The highest BCUT2D eigenvalue weighted by Crippen LogP contribution is 2.26. The fourth-order valence-electron chi connectivity index (χ4n) is 1.40. The summed E-state index contributed by atoms with van der Waals surface area (Å²) < 4.78 is 10.2. The van der Waals surface area contributed by atoms with Gasteiger partial charge < -0.3 is 14.5 Å². The first-order chi connectivity index (χ1) is 7.26. The van der Waals surface area contributed by atoms with Gasteiger partial charge in [-0.2, -0.15) is 0 Å². The molecule has 0 atom stereocenters. The van der Waals surface area contributed by atoms with E-state index in [1.807, 2.05) is 0 Å². The van der Waals surface area contributed by atoms with E-state index in [9.17, 15) is 4.79 Å². The fraction of sp³-hybridized carbons (Fsp3) is 0.200. The lowest BCUT2D eigenvalue weighted by Gasteiger charge is -2.06. The molecule has 5 heteroatoms. The number of fused-ring (bicyclic) bond motifs is 1. The number of nitrogens with one attached hydrogen (secondary N) is 1. The highest BCUT2D eigenvalue weighted by atomic mass is 16.5. The average molecular weight is 206 g/mol. The summed E-state index contributed by atoms with van der Waals surface area (Å²) in [7, 11) is 3.06. The summed E-state index contributed by atoms with van der Waals surface area (Å²) in [5.74, 6) is 1.09. The molecule has 78 valence electrons. The smallest absolute Gasteiger partial charge is 0.258 e. The molecule has 2 rings (SSSR count). The summed E-state index contributed by atoms with van der Waals surface area (Å²) in [6, 6.07) is 3.32. The Morgan fingerprint density at radius 2 is 2.07 bits per heavy atom. The number of hydrogen-bond acceptors (Lipinski definition) is 4. The standard InChI is InChI=1S/C10H10N2O3/c1-14-6-3-7-9(8(4-6)15-2)11-5-12-10(7)13/h3-5H,1-2H3,(H,11,12,13). The number of nitrogens with zero attached hydrogens (tertiary/aromatic N) is 1. The van der Waals surface area contributed by atoms with Gasteiger partial charge in [-0.05, 0) is 6.07 Å². The lowest BCUT2D eigenvalue weighted by Crippen LogP contribution is -2.07. The first-order valence-corrected chi connectivity index (χ1v) is 4.35. The Kier molecular flexibility index (Phi) is 2.29. The highest BCUT2D eigenvalue weighted by Gasteiger charge is 2.08. The van der Waals surface area contributed by atoms with Crippen LogP contribution in [0.3, 0.4) is 0 Å². The van der Waals surface area contributed by atoms with Crippen LogP contribution in [-0.4, -0.2) is 24.2 Å². The molecule has 0 aliphatic heterocycles. The molecule has 0 spiro atoms. The van der Waals surface area contributed by atoms with Crippen LogP contribution in [0.15, 0.2) is 23.3 Å². The predicted molar refractivity (Wildman–Crippen MR) is 55.5 cm³/mol. The van der Waals surface area contributed by atoms with E-state index in [-0.39, 0.29) is 5.56 Å². The van der Waals surface area contributed by atoms with E-state index in [0.717, 1.165) is 0 Å². The molecule has 1 aromatic heterocycles. The van der Waals surface area contributed by atoms with Gasteiger partial charge in [-0.25, -0.2) is 4.98 Å². The second kappa shape index (κ2) is 3.61. The number of methoxy groups -OCH3 is 2. The van der Waals surface area contributed by atoms with E-state index in [1.165, 1.54) is 20.5 Å². The Morgan fingerprint density at radius 3 is 2.73 bits per heavy atom. The summed E-state index contributed by atoms with van der Waals surface area (Å²) in [4.78, 5) is 18.1. The van der Waals surface area contributed by atoms with Crippen LogP contribution in [0.1, 0.15) is 0 Å². The molecule has 1 N–H and O–H groups in total. The molecule has 0 amide bonds. The maximum atomic E-state index is 11.5. The zero-order valence-electron chi connectivity index (χ0n) is 8.40. The lowest BCUT2D eigenvalue weighted by atomic mass is 10.2. The molecule has 0 saturated heterocycles. The van der Waals surface area contributed by atoms with Crippen molar-refractivity contribution in [3.63, 3.8) is 0 Å². The lowest BCUT2D eigenvalue weighted by molar-refractivity contribution is 0.397. The van der Waals surface area contributed by atoms with Crippen LogP contribution in [0.4, 0.5) is 0 Å². The van der Waals surface area contributed by atoms with Gasteiger partial charge in [0.1, 0.15) is 17.0 Å². The van der Waals surface area contributed by atoms with Crippen molar-refractivity contribution in [3.8, 4) is 11.5 Å². The van der Waals surface area contributed by atoms with Crippen LogP contribution in [0, 0.1) is 0 Å². The quantitative estimate of drug-likeness (QED) is 0.794. The van der Waals surface area contributed by atoms with E-state index < -0.39 is 0 Å². The molecule has 0 aliphatic rings. The van der Waals surface area contributed by atoms with Crippen molar-refractivity contribution in [2.24, 2.45) is 0 Å². The second-order valence-corrected chi connectivity index (χ2v) is 2.96. The molecule has 0 aliphatic carbocycles. The third-order valence-electron chi connectivity index (χ3n) is 2.14. The van der Waals surface area contributed by atoms with Gasteiger partial charge in [-0.1, -0.05) is 0 Å². The van der Waals surface area contributed by atoms with Crippen molar-refractivity contribution < 1.29 is 9.47 Å². The van der Waals surface area contributed by atoms with Crippen molar-refractivity contribution in [1.82, 2.24) is 9.97 Å². The number of ether oxygens (including phenoxy) is 2. The Morgan fingerprint density at radius 1 is 1.27 bits per heavy atom. The van der Waals surface area contributed by atoms with Gasteiger partial charge >= 0.3 is 0 Å². The molecular formula is C10H10N2O3. The van der Waals surface area contributed by atoms with E-state index in [4.69, 9.17) is 9.47 Å². The van der Waals surface area contributed by atoms with Crippen LogP contribution in [0.25, 0.3) is 10.9 Å². The van der Waals surface area contributed by atoms with Gasteiger partial charge in [0.05, 0.1) is 25.9 Å². The van der Waals surface area contributed by atoms with Crippen molar-refractivity contribution in [1.29, 1.82) is 0 Å². The number of H-pyrrole nitrogens is 1. The molecule has 2 aromatic rings. The van der Waals surface area contributed by atoms with Crippen molar-refractivity contribution in [2.75, 3.05) is 14.2 Å². The van der Waals surface area contributed by atoms with Gasteiger partial charge in [-0.3, -0.25) is 4.79 Å². The summed E-state index contributed by atoms with van der Waals surface area (Å²) in [5.41, 5.74) is 0.319. The summed E-state index contributed by atoms with van der Waals surface area (Å²) in [6.45, 7) is 0. The van der Waals surface area contributed by atoms with Gasteiger partial charge in [0.15, 0.2) is 0 Å². The van der Waals surface area contributed by atoms with E-state index >= 15 is 0 Å². The minimum atomic E-state index is -0.211. The molecule has 1 heterocycles. The fourth-order valence-corrected chi connectivity index (χ4v) is 1.40. The number of hydrogen-bond donors (Lipinski definition) is 1. The molecule has 5 nitrogen and oxygen atoms in total. The highest BCUT2D eigenvalue weighted by molar-refractivity contribution is 5.85. The van der Waals surface area contributed by atoms with E-state index in [1.54, 1.807) is 12.1 Å². The van der Waals surface area contributed by atoms with E-state index in [0.29, 0.717) is 22.4 Å². The number of aromatic amines is 1. The monoisotopic (exact) mass is 206 g/mol. The summed E-state index contributed by atoms with van der Waals surface area (Å²) in [6.07, 6.45) is 1.35. The number of rotatable bonds is 2. The third-order valence-corrected chi connectivity index (χ3v) is 2.14. The van der Waals surface area contributed by atoms with Crippen molar-refractivity contribution >= 4 is 10.9 Å². The average Bonchev–Trinajstić information content (AvgIpc) is 2.28. The number of aromatic nitrogens is 2. The summed E-state index contributed by atoms with van der Waals surface area (Å²) in [5, 5.41) is 0.453. The first-order valence-electron chi connectivity index (χ1n) is 4.35. The van der Waals surface area contributed by atoms with Crippen molar-refractivity contribution in [2.45, 2.75) is 0 Å². The molecule has 1 aromatic carbocycles. The maximum absolute atomic E-state index is 11.5. The van der Waals surface area contributed by atoms with Crippen LogP contribution in [-0.2, 0) is 0 Å². The molecule has 0 unspecified atom stereocenters. The van der Waals surface area contributed by atoms with Gasteiger partial charge in [0.2, 0.25) is 0 Å². The Balaban J connectivity index is 2.87. The molecule has 0 fully saturated rings. The third kappa shape index (κ3) is 1.52. The van der Waals surface area contributed by atoms with Crippen molar-refractivity contribution in [3.05, 3.63) is 28.8 Å². The van der Waals surface area contributed by atoms with Gasteiger partial charge in [0.25, 0.3) is 5.56 Å². The second-order valence-electron chi connectivity index (χ2n) is 2.96. The van der Waals surface area contributed by atoms with Crippen LogP contribution >= 0.6 is 0 Å². The minimum absolute atomic E-state index is 0.211. The largest absolute Gasteiger partial charge is 0.497 e. The molecule has 0 bridgehead atoms. The minimum Gasteiger partial charge on any atom is -0.497 e. The normalized spacial score (nSPS) is 10.3. The van der Waals surface area contributed by atoms with Crippen LogP contribution < -0.4 is 15.0 Å². The Hall–Kier alpha value is -2.04. The molecular weight excluding hydrogens is 196 g/mol. The van der Waals surface area contributed by atoms with E-state index in [2.05, 4.69) is 9.97 Å². The summed E-state index contributed by atoms with van der Waals surface area (Å²) >= 11 is 0. The van der Waals surface area contributed by atoms with Gasteiger partial charge in [0, 0.05) is 6.07 Å². The SMILES string of the molecule is COc1cc(OC)c2nc[nH]c(=O)c2c1. The Labute approximate surface area is 85.7 Å². The topological polar surface area (TPSA) is 64.2 Å². The zero-order chi connectivity index (χ0) is 10.8. The van der Waals surface area contributed by atoms with Crippen LogP contribution in [0.5, 0.6) is 11.5 Å². The maximum Gasteiger partial charge on any atom is 0.258 e. The number of benzene rings is 1. The molecule has 0 radical (unpaired) electrons. The molecule has 0 saturated carbocycles. The predicted octanol–water partition coefficient (Wildman–Crippen LogP) is 0.940. The Bertz CT molecular complexity index is 548. The molecule has 15 heavy (non-hydrogen) atoms. The van der Waals surface area contributed by atoms with Crippen LogP contribution in [0.2, 0.25) is 0 Å². The van der Waals surface area contributed by atoms with Gasteiger partial charge in [-0.15, -0.1) is 0 Å².